The predicted octanol–water partition coefficient (Wildman–Crippen LogP) is 2.94. The molecule has 2 N–H and O–H groups in total. The Bertz CT molecular complexity index is 264. The highest BCUT2D eigenvalue weighted by atomic mass is 79.9. The molecule has 0 aliphatic rings. The summed E-state index contributed by atoms with van der Waals surface area (Å²) in [6.45, 7) is 0.616. The van der Waals surface area contributed by atoms with Gasteiger partial charge in [-0.25, -0.2) is 0 Å². The number of hydrogen-bond donors (Lipinski definition) is 1. The molecule has 2 heteroatoms. The summed E-state index contributed by atoms with van der Waals surface area (Å²) in [4.78, 5) is 0. The van der Waals surface area contributed by atoms with Gasteiger partial charge in [-0.15, -0.1) is 0 Å². The van der Waals surface area contributed by atoms with Crippen molar-refractivity contribution in [2.75, 3.05) is 5.33 Å². The van der Waals surface area contributed by atoms with Crippen LogP contribution in [0.1, 0.15) is 17.5 Å². The lowest BCUT2D eigenvalue weighted by atomic mass is 10.1. The number of rotatable bonds is 4. The minimum Gasteiger partial charge on any atom is -0.326 e. The molecule has 0 bridgehead atoms. The van der Waals surface area contributed by atoms with Gasteiger partial charge in [0.1, 0.15) is 0 Å². The molecule has 1 aromatic carbocycles. The monoisotopic (exact) mass is 239 g/mol. The molecule has 0 aliphatic carbocycles. The standard InChI is InChI=1S/C11H14BrN/c12-8-2-1-3-10-4-6-11(9-13)7-5-10/h1,3-7H,2,8-9,13H2. The largest absolute Gasteiger partial charge is 0.326 e. The summed E-state index contributed by atoms with van der Waals surface area (Å²) in [5.74, 6) is 0. The minimum atomic E-state index is 0.616. The van der Waals surface area contributed by atoms with Gasteiger partial charge in [0.15, 0.2) is 0 Å². The minimum absolute atomic E-state index is 0.616. The van der Waals surface area contributed by atoms with E-state index in [1.807, 2.05) is 0 Å². The second kappa shape index (κ2) is 5.95. The molecule has 0 aliphatic heterocycles. The van der Waals surface area contributed by atoms with E-state index in [1.165, 1.54) is 11.1 Å². The Morgan fingerprint density at radius 2 is 1.92 bits per heavy atom. The zero-order valence-electron chi connectivity index (χ0n) is 7.54. The van der Waals surface area contributed by atoms with Crippen LogP contribution in [-0.2, 0) is 6.54 Å². The van der Waals surface area contributed by atoms with Crippen molar-refractivity contribution in [3.05, 3.63) is 41.5 Å². The van der Waals surface area contributed by atoms with Crippen LogP contribution in [-0.4, -0.2) is 5.33 Å². The maximum atomic E-state index is 5.50. The van der Waals surface area contributed by atoms with E-state index < -0.39 is 0 Å². The fourth-order valence-corrected chi connectivity index (χ4v) is 1.31. The van der Waals surface area contributed by atoms with Crippen molar-refractivity contribution in [1.82, 2.24) is 0 Å². The molecule has 0 unspecified atom stereocenters. The average Bonchev–Trinajstić information content (AvgIpc) is 2.19. The maximum absolute atomic E-state index is 5.50. The van der Waals surface area contributed by atoms with Crippen molar-refractivity contribution < 1.29 is 0 Å². The maximum Gasteiger partial charge on any atom is 0.0178 e. The van der Waals surface area contributed by atoms with Crippen LogP contribution in [0.3, 0.4) is 0 Å². The quantitative estimate of drug-likeness (QED) is 0.804. The highest BCUT2D eigenvalue weighted by Gasteiger charge is 1.88. The number of allylic oxidation sites excluding steroid dienone is 1. The molecular formula is C11H14BrN. The van der Waals surface area contributed by atoms with Crippen molar-refractivity contribution in [3.63, 3.8) is 0 Å². The third-order valence-electron chi connectivity index (χ3n) is 1.80. The van der Waals surface area contributed by atoms with E-state index in [-0.39, 0.29) is 0 Å². The zero-order chi connectivity index (χ0) is 9.52. The highest BCUT2D eigenvalue weighted by molar-refractivity contribution is 9.09. The first-order valence-electron chi connectivity index (χ1n) is 4.38. The van der Waals surface area contributed by atoms with Crippen molar-refractivity contribution in [2.45, 2.75) is 13.0 Å². The van der Waals surface area contributed by atoms with Gasteiger partial charge in [-0.05, 0) is 17.5 Å². The van der Waals surface area contributed by atoms with Crippen LogP contribution in [0, 0.1) is 0 Å². The Balaban J connectivity index is 2.58. The third-order valence-corrected chi connectivity index (χ3v) is 2.26. The van der Waals surface area contributed by atoms with Crippen molar-refractivity contribution in [2.24, 2.45) is 5.73 Å². The van der Waals surface area contributed by atoms with Gasteiger partial charge in [0.05, 0.1) is 0 Å². The summed E-state index contributed by atoms with van der Waals surface area (Å²) in [5.41, 5.74) is 7.91. The predicted molar refractivity (Wildman–Crippen MR) is 61.8 cm³/mol. The molecule has 70 valence electrons. The molecule has 0 radical (unpaired) electrons. The van der Waals surface area contributed by atoms with Gasteiger partial charge in [-0.3, -0.25) is 0 Å². The van der Waals surface area contributed by atoms with E-state index in [0.29, 0.717) is 6.54 Å². The van der Waals surface area contributed by atoms with Gasteiger partial charge in [0, 0.05) is 11.9 Å². The number of nitrogens with two attached hydrogens (primary N) is 1. The lowest BCUT2D eigenvalue weighted by Crippen LogP contribution is -1.94. The van der Waals surface area contributed by atoms with Gasteiger partial charge in [0.2, 0.25) is 0 Å². The van der Waals surface area contributed by atoms with Crippen LogP contribution in [0.5, 0.6) is 0 Å². The lowest BCUT2D eigenvalue weighted by Gasteiger charge is -1.96. The van der Waals surface area contributed by atoms with E-state index in [1.54, 1.807) is 0 Å². The zero-order valence-corrected chi connectivity index (χ0v) is 9.13. The summed E-state index contributed by atoms with van der Waals surface area (Å²) < 4.78 is 0. The summed E-state index contributed by atoms with van der Waals surface area (Å²) in [6.07, 6.45) is 5.35. The topological polar surface area (TPSA) is 26.0 Å². The van der Waals surface area contributed by atoms with Gasteiger partial charge in [-0.1, -0.05) is 52.3 Å². The Kier molecular flexibility index (Phi) is 4.79. The van der Waals surface area contributed by atoms with Crippen LogP contribution in [0.25, 0.3) is 6.08 Å². The van der Waals surface area contributed by atoms with Crippen LogP contribution >= 0.6 is 15.9 Å². The van der Waals surface area contributed by atoms with Crippen molar-refractivity contribution >= 4 is 22.0 Å². The molecule has 0 heterocycles. The molecule has 0 saturated carbocycles. The molecule has 0 fully saturated rings. The number of halogens is 1. The molecule has 0 spiro atoms. The van der Waals surface area contributed by atoms with Gasteiger partial charge in [-0.2, -0.15) is 0 Å². The SMILES string of the molecule is NCc1ccc(C=CCCBr)cc1. The van der Waals surface area contributed by atoms with E-state index in [4.69, 9.17) is 5.73 Å². The Morgan fingerprint density at radius 1 is 1.23 bits per heavy atom. The summed E-state index contributed by atoms with van der Waals surface area (Å²) in [6, 6.07) is 8.31. The van der Waals surface area contributed by atoms with Crippen LogP contribution < -0.4 is 5.73 Å². The van der Waals surface area contributed by atoms with E-state index >= 15 is 0 Å². The van der Waals surface area contributed by atoms with Crippen LogP contribution in [0.2, 0.25) is 0 Å². The first kappa shape index (κ1) is 10.5. The van der Waals surface area contributed by atoms with Crippen molar-refractivity contribution in [3.8, 4) is 0 Å². The molecule has 0 atom stereocenters. The fourth-order valence-electron chi connectivity index (χ4n) is 1.05. The van der Waals surface area contributed by atoms with Gasteiger partial charge < -0.3 is 5.73 Å². The molecule has 1 rings (SSSR count). The first-order chi connectivity index (χ1) is 6.36. The smallest absolute Gasteiger partial charge is 0.0178 e. The lowest BCUT2D eigenvalue weighted by molar-refractivity contribution is 1.07. The molecule has 0 saturated heterocycles. The molecular weight excluding hydrogens is 226 g/mol. The normalized spacial score (nSPS) is 10.9. The molecule has 13 heavy (non-hydrogen) atoms. The first-order valence-corrected chi connectivity index (χ1v) is 5.50. The van der Waals surface area contributed by atoms with E-state index in [2.05, 4.69) is 52.3 Å². The number of benzene rings is 1. The second-order valence-corrected chi connectivity index (χ2v) is 3.62. The fraction of sp³-hybridized carbons (Fsp3) is 0.273. The summed E-state index contributed by atoms with van der Waals surface area (Å²) >= 11 is 3.38. The highest BCUT2D eigenvalue weighted by Crippen LogP contribution is 2.06. The van der Waals surface area contributed by atoms with Gasteiger partial charge in [0.25, 0.3) is 0 Å². The molecule has 1 nitrogen and oxygen atoms in total. The summed E-state index contributed by atoms with van der Waals surface area (Å²) in [7, 11) is 0. The number of alkyl halides is 1. The van der Waals surface area contributed by atoms with Crippen molar-refractivity contribution in [1.29, 1.82) is 0 Å². The van der Waals surface area contributed by atoms with Crippen LogP contribution in [0.4, 0.5) is 0 Å². The number of hydrogen-bond acceptors (Lipinski definition) is 1. The van der Waals surface area contributed by atoms with Gasteiger partial charge >= 0.3 is 0 Å². The Labute approximate surface area is 87.8 Å². The van der Waals surface area contributed by atoms with E-state index in [0.717, 1.165) is 11.8 Å². The van der Waals surface area contributed by atoms with E-state index in [9.17, 15) is 0 Å². The molecule has 0 aromatic heterocycles. The summed E-state index contributed by atoms with van der Waals surface area (Å²) in [5, 5.41) is 1.02. The average molecular weight is 240 g/mol. The molecule has 1 aromatic rings. The van der Waals surface area contributed by atoms with Crippen LogP contribution in [0.15, 0.2) is 30.3 Å². The third kappa shape index (κ3) is 3.75. The second-order valence-electron chi connectivity index (χ2n) is 2.83. The Hall–Kier alpha value is -0.600. The Morgan fingerprint density at radius 3 is 2.46 bits per heavy atom. The molecule has 0 amide bonds.